The van der Waals surface area contributed by atoms with Gasteiger partial charge in [-0.05, 0) is 39.9 Å². The number of ether oxygens (including phenoxy) is 1. The van der Waals surface area contributed by atoms with Crippen LogP contribution in [0.5, 0.6) is 0 Å². The van der Waals surface area contributed by atoms with E-state index in [2.05, 4.69) is 16.7 Å². The molecule has 0 atom stereocenters. The van der Waals surface area contributed by atoms with E-state index in [9.17, 15) is 4.79 Å². The minimum atomic E-state index is 0.431. The van der Waals surface area contributed by atoms with E-state index in [4.69, 9.17) is 0 Å². The first-order valence-electron chi connectivity index (χ1n) is 4.05. The van der Waals surface area contributed by atoms with Crippen LogP contribution in [0, 0.1) is 0 Å². The summed E-state index contributed by atoms with van der Waals surface area (Å²) in [6.45, 7) is 5.30. The Morgan fingerprint density at radius 2 is 2.00 bits per heavy atom. The van der Waals surface area contributed by atoms with Crippen molar-refractivity contribution in [3.8, 4) is 0 Å². The normalized spacial score (nSPS) is 16.9. The molecule has 0 unspecified atom stereocenters. The second-order valence-corrected chi connectivity index (χ2v) is 2.56. The Morgan fingerprint density at radius 3 is 2.09 bits per heavy atom. The molecule has 1 aliphatic rings. The van der Waals surface area contributed by atoms with Crippen molar-refractivity contribution in [3.63, 3.8) is 0 Å². The Hall–Kier alpha value is -0.570. The lowest BCUT2D eigenvalue weighted by molar-refractivity contribution is -0.128. The summed E-state index contributed by atoms with van der Waals surface area (Å²) in [5.74, 6) is 0. The third-order valence-corrected chi connectivity index (χ3v) is 1.56. The molecule has 1 fully saturated rings. The number of carbonyl (C=O) groups is 1. The summed E-state index contributed by atoms with van der Waals surface area (Å²) in [5.41, 5.74) is 0. The van der Waals surface area contributed by atoms with Gasteiger partial charge in [0.1, 0.15) is 0 Å². The number of likely N-dealkylation sites (tertiary alicyclic amines) is 1. The molecule has 66 valence electrons. The number of hydrogen-bond acceptors (Lipinski definition) is 3. The van der Waals surface area contributed by atoms with Crippen LogP contribution in [-0.2, 0) is 9.53 Å². The van der Waals surface area contributed by atoms with Crippen molar-refractivity contribution in [2.24, 2.45) is 0 Å². The summed E-state index contributed by atoms with van der Waals surface area (Å²) in [7, 11) is 2.17. The Bertz CT molecular complexity index is 90.1. The van der Waals surface area contributed by atoms with Crippen molar-refractivity contribution >= 4 is 6.47 Å². The summed E-state index contributed by atoms with van der Waals surface area (Å²) in [4.78, 5) is 11.5. The molecule has 0 N–H and O–H groups in total. The molecule has 0 saturated carbocycles. The summed E-state index contributed by atoms with van der Waals surface area (Å²) < 4.78 is 4.15. The fourth-order valence-corrected chi connectivity index (χ4v) is 0.943. The molecule has 1 aliphatic heterocycles. The molecule has 0 spiro atoms. The molecule has 1 rings (SSSR count). The zero-order chi connectivity index (χ0) is 8.53. The van der Waals surface area contributed by atoms with Crippen molar-refractivity contribution in [3.05, 3.63) is 0 Å². The van der Waals surface area contributed by atoms with Crippen LogP contribution < -0.4 is 0 Å². The van der Waals surface area contributed by atoms with E-state index in [0.29, 0.717) is 13.1 Å². The van der Waals surface area contributed by atoms with E-state index in [1.807, 2.05) is 0 Å². The van der Waals surface area contributed by atoms with Gasteiger partial charge in [-0.15, -0.1) is 0 Å². The summed E-state index contributed by atoms with van der Waals surface area (Å²) in [6.07, 6.45) is 2.83. The van der Waals surface area contributed by atoms with Crippen LogP contribution >= 0.6 is 0 Å². The minimum Gasteiger partial charge on any atom is -0.468 e. The van der Waals surface area contributed by atoms with Gasteiger partial charge in [0.15, 0.2) is 0 Å². The Kier molecular flexibility index (Phi) is 7.15. The van der Waals surface area contributed by atoms with E-state index in [1.54, 1.807) is 6.92 Å². The molecule has 3 nitrogen and oxygen atoms in total. The average Bonchev–Trinajstić information content (AvgIpc) is 2.43. The molecule has 0 radical (unpaired) electrons. The van der Waals surface area contributed by atoms with Gasteiger partial charge in [-0.25, -0.2) is 0 Å². The van der Waals surface area contributed by atoms with Crippen molar-refractivity contribution < 1.29 is 9.53 Å². The predicted octanol–water partition coefficient (Wildman–Crippen LogP) is 0.891. The molecule has 0 aliphatic carbocycles. The maximum atomic E-state index is 9.18. The zero-order valence-electron chi connectivity index (χ0n) is 7.38. The number of rotatable bonds is 2. The third-order valence-electron chi connectivity index (χ3n) is 1.56. The smallest absolute Gasteiger partial charge is 0.293 e. The molecule has 0 bridgehead atoms. The predicted molar refractivity (Wildman–Crippen MR) is 44.4 cm³/mol. The van der Waals surface area contributed by atoms with Crippen LogP contribution in [0.2, 0.25) is 0 Å². The average molecular weight is 159 g/mol. The highest BCUT2D eigenvalue weighted by atomic mass is 16.5. The lowest BCUT2D eigenvalue weighted by atomic mass is 10.4. The Balaban J connectivity index is 0.000000187. The molecule has 11 heavy (non-hydrogen) atoms. The lowest BCUT2D eigenvalue weighted by Gasteiger charge is -2.01. The molecular formula is C8H17NO2. The van der Waals surface area contributed by atoms with Crippen LogP contribution in [0.1, 0.15) is 19.8 Å². The molecular weight excluding hydrogens is 142 g/mol. The van der Waals surface area contributed by atoms with Crippen molar-refractivity contribution in [1.82, 2.24) is 4.90 Å². The lowest BCUT2D eigenvalue weighted by Crippen LogP contribution is -2.10. The topological polar surface area (TPSA) is 29.5 Å². The van der Waals surface area contributed by atoms with Crippen molar-refractivity contribution in [1.29, 1.82) is 0 Å². The van der Waals surface area contributed by atoms with Gasteiger partial charge >= 0.3 is 0 Å². The number of nitrogens with zero attached hydrogens (tertiary/aromatic N) is 1. The van der Waals surface area contributed by atoms with Crippen LogP contribution in [0.3, 0.4) is 0 Å². The summed E-state index contributed by atoms with van der Waals surface area (Å²) in [6, 6.07) is 0. The SMILES string of the molecule is CCOC=O.CN1CCCC1. The highest BCUT2D eigenvalue weighted by molar-refractivity contribution is 5.36. The van der Waals surface area contributed by atoms with E-state index < -0.39 is 0 Å². The fourth-order valence-electron chi connectivity index (χ4n) is 0.943. The maximum absolute atomic E-state index is 9.18. The van der Waals surface area contributed by atoms with Crippen LogP contribution in [-0.4, -0.2) is 38.1 Å². The first-order valence-corrected chi connectivity index (χ1v) is 4.05. The monoisotopic (exact) mass is 159 g/mol. The Morgan fingerprint density at radius 1 is 1.45 bits per heavy atom. The van der Waals surface area contributed by atoms with Gasteiger partial charge in [0.25, 0.3) is 6.47 Å². The van der Waals surface area contributed by atoms with Crippen LogP contribution in [0.15, 0.2) is 0 Å². The zero-order valence-corrected chi connectivity index (χ0v) is 7.38. The van der Waals surface area contributed by atoms with Gasteiger partial charge in [-0.1, -0.05) is 0 Å². The van der Waals surface area contributed by atoms with Gasteiger partial charge in [0.05, 0.1) is 6.61 Å². The van der Waals surface area contributed by atoms with Crippen molar-refractivity contribution in [2.45, 2.75) is 19.8 Å². The van der Waals surface area contributed by atoms with Gasteiger partial charge < -0.3 is 9.64 Å². The van der Waals surface area contributed by atoms with Gasteiger partial charge in [-0.2, -0.15) is 0 Å². The molecule has 1 heterocycles. The highest BCUT2D eigenvalue weighted by Gasteiger charge is 2.03. The second-order valence-electron chi connectivity index (χ2n) is 2.56. The Labute approximate surface area is 68.3 Å². The molecule has 0 amide bonds. The minimum absolute atomic E-state index is 0.431. The summed E-state index contributed by atoms with van der Waals surface area (Å²) in [5, 5.41) is 0. The summed E-state index contributed by atoms with van der Waals surface area (Å²) >= 11 is 0. The van der Waals surface area contributed by atoms with Gasteiger partial charge in [-0.3, -0.25) is 4.79 Å². The highest BCUT2D eigenvalue weighted by Crippen LogP contribution is 2.01. The first-order chi connectivity index (χ1) is 5.31. The number of carbonyl (C=O) groups excluding carboxylic acids is 1. The first kappa shape index (κ1) is 10.4. The van der Waals surface area contributed by atoms with Crippen LogP contribution in [0.25, 0.3) is 0 Å². The molecule has 3 heteroatoms. The molecule has 0 aromatic heterocycles. The largest absolute Gasteiger partial charge is 0.468 e. The van der Waals surface area contributed by atoms with E-state index in [1.165, 1.54) is 25.9 Å². The third kappa shape index (κ3) is 7.33. The molecule has 0 aromatic rings. The quantitative estimate of drug-likeness (QED) is 0.560. The van der Waals surface area contributed by atoms with Crippen LogP contribution in [0.4, 0.5) is 0 Å². The second kappa shape index (κ2) is 7.54. The van der Waals surface area contributed by atoms with Gasteiger partial charge in [0.2, 0.25) is 0 Å². The fraction of sp³-hybridized carbons (Fsp3) is 0.875. The van der Waals surface area contributed by atoms with E-state index >= 15 is 0 Å². The molecule has 0 aromatic carbocycles. The molecule has 1 saturated heterocycles. The van der Waals surface area contributed by atoms with Gasteiger partial charge in [0, 0.05) is 0 Å². The van der Waals surface area contributed by atoms with E-state index in [0.717, 1.165) is 0 Å². The number of hydrogen-bond donors (Lipinski definition) is 0. The standard InChI is InChI=1S/C5H11N.C3H6O2/c1-6-4-2-3-5-6;1-2-5-3-4/h2-5H2,1H3;3H,2H2,1H3. The van der Waals surface area contributed by atoms with E-state index in [-0.39, 0.29) is 0 Å². The maximum Gasteiger partial charge on any atom is 0.293 e. The van der Waals surface area contributed by atoms with Crippen molar-refractivity contribution in [2.75, 3.05) is 26.7 Å².